The van der Waals surface area contributed by atoms with E-state index in [0.717, 1.165) is 19.3 Å². The van der Waals surface area contributed by atoms with Crippen LogP contribution in [0, 0.1) is 0 Å². The summed E-state index contributed by atoms with van der Waals surface area (Å²) < 4.78 is 27.2. The van der Waals surface area contributed by atoms with Crippen LogP contribution < -0.4 is 5.32 Å². The van der Waals surface area contributed by atoms with Crippen LogP contribution in [0.3, 0.4) is 0 Å². The molecule has 1 amide bonds. The maximum Gasteiger partial charge on any atom is 0.255 e. The highest BCUT2D eigenvalue weighted by atomic mass is 35.5. The lowest BCUT2D eigenvalue weighted by Gasteiger charge is -2.26. The van der Waals surface area contributed by atoms with Crippen LogP contribution in [0.25, 0.3) is 0 Å². The van der Waals surface area contributed by atoms with Crippen molar-refractivity contribution >= 4 is 44.8 Å². The highest BCUT2D eigenvalue weighted by Gasteiger charge is 2.28. The van der Waals surface area contributed by atoms with Gasteiger partial charge in [-0.1, -0.05) is 35.7 Å². The van der Waals surface area contributed by atoms with Crippen LogP contribution in [-0.2, 0) is 10.0 Å². The molecule has 138 valence electrons. The van der Waals surface area contributed by atoms with E-state index in [0.29, 0.717) is 23.8 Å². The van der Waals surface area contributed by atoms with Crippen molar-refractivity contribution in [3.8, 4) is 0 Å². The summed E-state index contributed by atoms with van der Waals surface area (Å²) in [6, 6.07) is 11.0. The predicted molar refractivity (Wildman–Crippen MR) is 103 cm³/mol. The summed E-state index contributed by atoms with van der Waals surface area (Å²) in [6.45, 7) is 0.940. The first kappa shape index (κ1) is 19.2. The molecule has 5 nitrogen and oxygen atoms in total. The van der Waals surface area contributed by atoms with E-state index in [4.69, 9.17) is 23.2 Å². The van der Waals surface area contributed by atoms with Gasteiger partial charge in [-0.3, -0.25) is 4.79 Å². The molecule has 0 aliphatic carbocycles. The van der Waals surface area contributed by atoms with Crippen molar-refractivity contribution in [3.05, 3.63) is 58.1 Å². The molecule has 1 heterocycles. The van der Waals surface area contributed by atoms with Gasteiger partial charge in [0.05, 0.1) is 5.02 Å². The van der Waals surface area contributed by atoms with Gasteiger partial charge in [-0.15, -0.1) is 0 Å². The Balaban J connectivity index is 1.88. The molecule has 1 saturated heterocycles. The first-order valence-corrected chi connectivity index (χ1v) is 10.4. The van der Waals surface area contributed by atoms with Crippen LogP contribution in [0.5, 0.6) is 0 Å². The van der Waals surface area contributed by atoms with Crippen molar-refractivity contribution < 1.29 is 13.2 Å². The van der Waals surface area contributed by atoms with Crippen molar-refractivity contribution in [1.82, 2.24) is 4.31 Å². The highest BCUT2D eigenvalue weighted by Crippen LogP contribution is 2.28. The first-order chi connectivity index (χ1) is 12.4. The second kappa shape index (κ2) is 7.96. The van der Waals surface area contributed by atoms with Crippen molar-refractivity contribution in [2.24, 2.45) is 0 Å². The average molecular weight is 413 g/mol. The Labute approximate surface area is 163 Å². The van der Waals surface area contributed by atoms with Gasteiger partial charge in [0.15, 0.2) is 0 Å². The van der Waals surface area contributed by atoms with Gasteiger partial charge in [-0.05, 0) is 49.2 Å². The lowest BCUT2D eigenvalue weighted by molar-refractivity contribution is 0.102. The van der Waals surface area contributed by atoms with Gasteiger partial charge in [0, 0.05) is 29.4 Å². The van der Waals surface area contributed by atoms with Crippen LogP contribution in [0.4, 0.5) is 5.69 Å². The predicted octanol–water partition coefficient (Wildman–Crippen LogP) is 4.42. The zero-order chi connectivity index (χ0) is 18.7. The second-order valence-corrected chi connectivity index (χ2v) is 8.82. The van der Waals surface area contributed by atoms with Crippen LogP contribution in [0.15, 0.2) is 47.4 Å². The molecule has 0 saturated carbocycles. The number of halogens is 2. The van der Waals surface area contributed by atoms with Crippen LogP contribution >= 0.6 is 23.2 Å². The van der Waals surface area contributed by atoms with Gasteiger partial charge in [0.25, 0.3) is 5.91 Å². The van der Waals surface area contributed by atoms with Crippen molar-refractivity contribution in [1.29, 1.82) is 0 Å². The van der Waals surface area contributed by atoms with Gasteiger partial charge in [-0.2, -0.15) is 4.31 Å². The minimum Gasteiger partial charge on any atom is -0.322 e. The summed E-state index contributed by atoms with van der Waals surface area (Å²) in [6.07, 6.45) is 2.67. The molecule has 0 atom stereocenters. The minimum absolute atomic E-state index is 0.0418. The summed E-state index contributed by atoms with van der Waals surface area (Å²) in [5, 5.41) is 3.30. The Morgan fingerprint density at radius 3 is 2.42 bits per heavy atom. The molecule has 0 radical (unpaired) electrons. The molecular formula is C18H18Cl2N2O3S. The average Bonchev–Trinajstić information content (AvgIpc) is 2.62. The molecule has 0 unspecified atom stereocenters. The molecule has 2 aromatic rings. The fourth-order valence-electron chi connectivity index (χ4n) is 2.86. The Bertz CT molecular complexity index is 926. The third kappa shape index (κ3) is 4.20. The molecule has 26 heavy (non-hydrogen) atoms. The lowest BCUT2D eigenvalue weighted by Crippen LogP contribution is -2.35. The van der Waals surface area contributed by atoms with E-state index in [1.54, 1.807) is 24.3 Å². The number of piperidine rings is 1. The number of hydrogen-bond donors (Lipinski definition) is 1. The third-order valence-electron chi connectivity index (χ3n) is 4.21. The number of rotatable bonds is 4. The molecular weight excluding hydrogens is 395 g/mol. The molecule has 0 aromatic heterocycles. The maximum atomic E-state index is 12.9. The quantitative estimate of drug-likeness (QED) is 0.807. The van der Waals surface area contributed by atoms with E-state index in [9.17, 15) is 13.2 Å². The van der Waals surface area contributed by atoms with Gasteiger partial charge in [0.2, 0.25) is 10.0 Å². The molecule has 3 rings (SSSR count). The first-order valence-electron chi connectivity index (χ1n) is 8.24. The highest BCUT2D eigenvalue weighted by molar-refractivity contribution is 7.89. The normalized spacial score (nSPS) is 15.6. The summed E-state index contributed by atoms with van der Waals surface area (Å²) in [5.41, 5.74) is 0.739. The van der Waals surface area contributed by atoms with E-state index >= 15 is 0 Å². The Kier molecular flexibility index (Phi) is 5.87. The van der Waals surface area contributed by atoms with Crippen molar-refractivity contribution in [3.63, 3.8) is 0 Å². The van der Waals surface area contributed by atoms with Crippen LogP contribution in [0.2, 0.25) is 10.0 Å². The molecule has 8 heteroatoms. The third-order valence-corrected chi connectivity index (χ3v) is 6.82. The topological polar surface area (TPSA) is 66.5 Å². The largest absolute Gasteiger partial charge is 0.322 e. The zero-order valence-electron chi connectivity index (χ0n) is 13.9. The van der Waals surface area contributed by atoms with E-state index < -0.39 is 15.9 Å². The summed E-state index contributed by atoms with van der Waals surface area (Å²) in [7, 11) is -3.73. The second-order valence-electron chi connectivity index (χ2n) is 6.07. The Morgan fingerprint density at radius 2 is 1.73 bits per heavy atom. The van der Waals surface area contributed by atoms with E-state index in [2.05, 4.69) is 5.32 Å². The number of hydrogen-bond acceptors (Lipinski definition) is 3. The molecule has 0 spiro atoms. The standard InChI is InChI=1S/C18H18Cl2N2O3S/c19-14-5-4-6-15(12-14)21-18(23)13-7-8-16(20)17(11-13)26(24,25)22-9-2-1-3-10-22/h4-8,11-12H,1-3,9-10H2,(H,21,23). The number of carbonyl (C=O) groups excluding carboxylic acids is 1. The fourth-order valence-corrected chi connectivity index (χ4v) is 5.06. The molecule has 1 fully saturated rings. The number of nitrogens with zero attached hydrogens (tertiary/aromatic N) is 1. The number of carbonyl (C=O) groups is 1. The van der Waals surface area contributed by atoms with Crippen molar-refractivity contribution in [2.75, 3.05) is 18.4 Å². The van der Waals surface area contributed by atoms with E-state index in [1.165, 1.54) is 22.5 Å². The van der Waals surface area contributed by atoms with Gasteiger partial charge < -0.3 is 5.32 Å². The maximum absolute atomic E-state index is 12.9. The summed E-state index contributed by atoms with van der Waals surface area (Å²) >= 11 is 12.0. The van der Waals surface area contributed by atoms with Gasteiger partial charge in [-0.25, -0.2) is 8.42 Å². The van der Waals surface area contributed by atoms with Crippen LogP contribution in [-0.4, -0.2) is 31.7 Å². The zero-order valence-corrected chi connectivity index (χ0v) is 16.2. The monoisotopic (exact) mass is 412 g/mol. The minimum atomic E-state index is -3.73. The lowest BCUT2D eigenvalue weighted by atomic mass is 10.2. The summed E-state index contributed by atoms with van der Waals surface area (Å²) in [5.74, 6) is -0.431. The molecule has 1 aliphatic heterocycles. The van der Waals surface area contributed by atoms with Gasteiger partial charge >= 0.3 is 0 Å². The summed E-state index contributed by atoms with van der Waals surface area (Å²) in [4.78, 5) is 12.4. The van der Waals surface area contributed by atoms with Gasteiger partial charge in [0.1, 0.15) is 4.90 Å². The fraction of sp³-hybridized carbons (Fsp3) is 0.278. The Morgan fingerprint density at radius 1 is 1.00 bits per heavy atom. The SMILES string of the molecule is O=C(Nc1cccc(Cl)c1)c1ccc(Cl)c(S(=O)(=O)N2CCCCC2)c1. The number of amides is 1. The van der Waals surface area contributed by atoms with E-state index in [-0.39, 0.29) is 15.5 Å². The molecule has 0 bridgehead atoms. The van der Waals surface area contributed by atoms with E-state index in [1.807, 2.05) is 0 Å². The number of anilines is 1. The number of nitrogens with one attached hydrogen (secondary N) is 1. The molecule has 1 N–H and O–H groups in total. The smallest absolute Gasteiger partial charge is 0.255 e. The Hall–Kier alpha value is -1.60. The number of benzene rings is 2. The molecule has 1 aliphatic rings. The number of sulfonamides is 1. The molecule has 2 aromatic carbocycles. The van der Waals surface area contributed by atoms with Crippen molar-refractivity contribution in [2.45, 2.75) is 24.2 Å². The van der Waals surface area contributed by atoms with Crippen LogP contribution in [0.1, 0.15) is 29.6 Å².